The lowest BCUT2D eigenvalue weighted by molar-refractivity contribution is 0.294. The Labute approximate surface area is 130 Å². The fourth-order valence-electron chi connectivity index (χ4n) is 1.95. The lowest BCUT2D eigenvalue weighted by Gasteiger charge is -2.15. The summed E-state index contributed by atoms with van der Waals surface area (Å²) in [5, 5.41) is 3.47. The Morgan fingerprint density at radius 1 is 1.05 bits per heavy atom. The van der Waals surface area contributed by atoms with Gasteiger partial charge in [0.15, 0.2) is 0 Å². The largest absolute Gasteiger partial charge is 0.493 e. The second-order valence-corrected chi connectivity index (χ2v) is 5.84. The quantitative estimate of drug-likeness (QED) is 0.613. The molecule has 0 saturated heterocycles. The van der Waals surface area contributed by atoms with Crippen molar-refractivity contribution < 1.29 is 9.47 Å². The van der Waals surface area contributed by atoms with Crippen molar-refractivity contribution in [3.8, 4) is 11.5 Å². The number of hydrogen-bond donors (Lipinski definition) is 1. The van der Waals surface area contributed by atoms with Crippen molar-refractivity contribution in [2.45, 2.75) is 53.5 Å². The van der Waals surface area contributed by atoms with E-state index in [0.717, 1.165) is 57.1 Å². The van der Waals surface area contributed by atoms with Gasteiger partial charge in [-0.3, -0.25) is 0 Å². The zero-order chi connectivity index (χ0) is 15.5. The van der Waals surface area contributed by atoms with Crippen LogP contribution in [0.4, 0.5) is 0 Å². The van der Waals surface area contributed by atoms with Gasteiger partial charge in [-0.15, -0.1) is 0 Å². The van der Waals surface area contributed by atoms with Crippen molar-refractivity contribution in [2.24, 2.45) is 5.92 Å². The van der Waals surface area contributed by atoms with Crippen LogP contribution in [-0.4, -0.2) is 19.8 Å². The summed E-state index contributed by atoms with van der Waals surface area (Å²) < 4.78 is 11.6. The van der Waals surface area contributed by atoms with Crippen LogP contribution in [0.15, 0.2) is 18.2 Å². The zero-order valence-corrected chi connectivity index (χ0v) is 14.1. The van der Waals surface area contributed by atoms with E-state index in [0.29, 0.717) is 5.92 Å². The molecule has 1 aromatic rings. The van der Waals surface area contributed by atoms with E-state index in [1.54, 1.807) is 0 Å². The molecule has 120 valence electrons. The summed E-state index contributed by atoms with van der Waals surface area (Å²) >= 11 is 0. The van der Waals surface area contributed by atoms with Crippen molar-refractivity contribution in [2.75, 3.05) is 19.8 Å². The third-order valence-corrected chi connectivity index (χ3v) is 3.13. The van der Waals surface area contributed by atoms with Crippen molar-refractivity contribution in [1.82, 2.24) is 5.32 Å². The van der Waals surface area contributed by atoms with Gasteiger partial charge in [0, 0.05) is 18.2 Å². The molecule has 0 radical (unpaired) electrons. The van der Waals surface area contributed by atoms with Crippen molar-refractivity contribution in [3.05, 3.63) is 23.8 Å². The maximum Gasteiger partial charge on any atom is 0.127 e. The molecule has 1 aromatic carbocycles. The van der Waals surface area contributed by atoms with Gasteiger partial charge in [-0.2, -0.15) is 0 Å². The highest BCUT2D eigenvalue weighted by molar-refractivity contribution is 5.40. The summed E-state index contributed by atoms with van der Waals surface area (Å²) in [5.74, 6) is 2.51. The molecule has 0 unspecified atom stereocenters. The summed E-state index contributed by atoms with van der Waals surface area (Å²) in [6, 6.07) is 6.17. The Bertz CT molecular complexity index is 391. The number of unbranched alkanes of at least 4 members (excludes halogenated alkanes) is 1. The van der Waals surface area contributed by atoms with Gasteiger partial charge in [0.25, 0.3) is 0 Å². The third kappa shape index (κ3) is 7.37. The second-order valence-electron chi connectivity index (χ2n) is 5.84. The van der Waals surface area contributed by atoms with Crippen molar-refractivity contribution in [3.63, 3.8) is 0 Å². The number of nitrogens with one attached hydrogen (secondary N) is 1. The van der Waals surface area contributed by atoms with Gasteiger partial charge >= 0.3 is 0 Å². The molecule has 0 amide bonds. The second kappa shape index (κ2) is 10.5. The van der Waals surface area contributed by atoms with Crippen LogP contribution < -0.4 is 14.8 Å². The number of rotatable bonds is 11. The first kappa shape index (κ1) is 17.8. The van der Waals surface area contributed by atoms with E-state index >= 15 is 0 Å². The van der Waals surface area contributed by atoms with Crippen LogP contribution in [0.5, 0.6) is 11.5 Å². The van der Waals surface area contributed by atoms with Crippen LogP contribution in [0.25, 0.3) is 0 Å². The van der Waals surface area contributed by atoms with E-state index in [9.17, 15) is 0 Å². The first-order chi connectivity index (χ1) is 10.2. The van der Waals surface area contributed by atoms with E-state index in [4.69, 9.17) is 9.47 Å². The van der Waals surface area contributed by atoms with Gasteiger partial charge in [0.05, 0.1) is 13.2 Å². The van der Waals surface area contributed by atoms with Gasteiger partial charge in [0.2, 0.25) is 0 Å². The molecule has 3 nitrogen and oxygen atoms in total. The van der Waals surface area contributed by atoms with Gasteiger partial charge in [0.1, 0.15) is 11.5 Å². The van der Waals surface area contributed by atoms with E-state index < -0.39 is 0 Å². The summed E-state index contributed by atoms with van der Waals surface area (Å²) in [7, 11) is 0. The predicted molar refractivity (Wildman–Crippen MR) is 89.2 cm³/mol. The standard InChI is InChI=1S/C18H31NO2/c1-5-7-11-21-18-12-17(20-10-6-2)9-8-16(18)14-19-13-15(3)4/h8-9,12,15,19H,5-7,10-11,13-14H2,1-4H3. The minimum Gasteiger partial charge on any atom is -0.493 e. The van der Waals surface area contributed by atoms with Crippen LogP contribution in [0.3, 0.4) is 0 Å². The molecule has 3 heteroatoms. The normalized spacial score (nSPS) is 10.9. The monoisotopic (exact) mass is 293 g/mol. The van der Waals surface area contributed by atoms with E-state index in [1.807, 2.05) is 12.1 Å². The van der Waals surface area contributed by atoms with E-state index in [2.05, 4.69) is 39.1 Å². The lowest BCUT2D eigenvalue weighted by atomic mass is 10.1. The molecular weight excluding hydrogens is 262 g/mol. The fraction of sp³-hybridized carbons (Fsp3) is 0.667. The van der Waals surface area contributed by atoms with E-state index in [1.165, 1.54) is 5.56 Å². The smallest absolute Gasteiger partial charge is 0.127 e. The Kier molecular flexibility index (Phi) is 8.91. The maximum absolute atomic E-state index is 5.94. The first-order valence-electron chi connectivity index (χ1n) is 8.26. The topological polar surface area (TPSA) is 30.5 Å². The highest BCUT2D eigenvalue weighted by atomic mass is 16.5. The lowest BCUT2D eigenvalue weighted by Crippen LogP contribution is -2.19. The summed E-state index contributed by atoms with van der Waals surface area (Å²) in [5.41, 5.74) is 1.20. The van der Waals surface area contributed by atoms with Crippen molar-refractivity contribution in [1.29, 1.82) is 0 Å². The average molecular weight is 293 g/mol. The molecule has 0 bridgehead atoms. The average Bonchev–Trinajstić information content (AvgIpc) is 2.46. The van der Waals surface area contributed by atoms with Crippen molar-refractivity contribution >= 4 is 0 Å². The molecule has 0 aromatic heterocycles. The molecule has 1 N–H and O–H groups in total. The van der Waals surface area contributed by atoms with Crippen LogP contribution >= 0.6 is 0 Å². The summed E-state index contributed by atoms with van der Waals surface area (Å²) in [6.07, 6.45) is 3.25. The highest BCUT2D eigenvalue weighted by Crippen LogP contribution is 2.25. The molecule has 0 aliphatic heterocycles. The summed E-state index contributed by atoms with van der Waals surface area (Å²) in [4.78, 5) is 0. The Morgan fingerprint density at radius 3 is 2.52 bits per heavy atom. The van der Waals surface area contributed by atoms with Gasteiger partial charge in [-0.25, -0.2) is 0 Å². The predicted octanol–water partition coefficient (Wildman–Crippen LogP) is 4.40. The van der Waals surface area contributed by atoms with Gasteiger partial charge in [-0.05, 0) is 31.4 Å². The van der Waals surface area contributed by atoms with Gasteiger partial charge < -0.3 is 14.8 Å². The molecule has 0 aliphatic rings. The number of ether oxygens (including phenoxy) is 2. The Morgan fingerprint density at radius 2 is 1.86 bits per heavy atom. The van der Waals surface area contributed by atoms with Crippen LogP contribution in [0.1, 0.15) is 52.5 Å². The SMILES string of the molecule is CCCCOc1cc(OCCC)ccc1CNCC(C)C. The van der Waals surface area contributed by atoms with Gasteiger partial charge in [-0.1, -0.05) is 40.2 Å². The van der Waals surface area contributed by atoms with E-state index in [-0.39, 0.29) is 0 Å². The maximum atomic E-state index is 5.94. The Balaban J connectivity index is 2.68. The van der Waals surface area contributed by atoms with Crippen LogP contribution in [0.2, 0.25) is 0 Å². The van der Waals surface area contributed by atoms with Crippen LogP contribution in [0, 0.1) is 5.92 Å². The molecular formula is C18H31NO2. The minimum atomic E-state index is 0.654. The first-order valence-corrected chi connectivity index (χ1v) is 8.26. The van der Waals surface area contributed by atoms with Crippen LogP contribution in [-0.2, 0) is 6.54 Å². The third-order valence-electron chi connectivity index (χ3n) is 3.13. The molecule has 0 spiro atoms. The molecule has 0 heterocycles. The minimum absolute atomic E-state index is 0.654. The number of benzene rings is 1. The molecule has 1 rings (SSSR count). The molecule has 21 heavy (non-hydrogen) atoms. The zero-order valence-electron chi connectivity index (χ0n) is 14.1. The molecule has 0 saturated carbocycles. The molecule has 0 fully saturated rings. The Hall–Kier alpha value is -1.22. The number of hydrogen-bond acceptors (Lipinski definition) is 3. The molecule has 0 atom stereocenters. The fourth-order valence-corrected chi connectivity index (χ4v) is 1.95. The summed E-state index contributed by atoms with van der Waals surface area (Å²) in [6.45, 7) is 12.1. The molecule has 0 aliphatic carbocycles. The highest BCUT2D eigenvalue weighted by Gasteiger charge is 2.07.